The Bertz CT molecular complexity index is 1280. The lowest BCUT2D eigenvalue weighted by Crippen LogP contribution is -2.28. The van der Waals surface area contributed by atoms with Crippen LogP contribution in [0.2, 0.25) is 0 Å². The number of hydrogen-bond acceptors (Lipinski definition) is 7. The molecule has 2 N–H and O–H groups in total. The lowest BCUT2D eigenvalue weighted by atomic mass is 9.87. The highest BCUT2D eigenvalue weighted by atomic mass is 16.6. The Labute approximate surface area is 198 Å². The summed E-state index contributed by atoms with van der Waals surface area (Å²) in [5, 5.41) is 9.63. The summed E-state index contributed by atoms with van der Waals surface area (Å²) >= 11 is 0. The van der Waals surface area contributed by atoms with Gasteiger partial charge in [0.05, 0.1) is 5.92 Å². The molecule has 3 aromatic rings. The predicted octanol–water partition coefficient (Wildman–Crippen LogP) is 5.30. The van der Waals surface area contributed by atoms with E-state index < -0.39 is 18.0 Å². The molecule has 7 heteroatoms. The van der Waals surface area contributed by atoms with E-state index in [9.17, 15) is 10.1 Å². The molecule has 2 heterocycles. The van der Waals surface area contributed by atoms with Gasteiger partial charge in [-0.1, -0.05) is 32.0 Å². The summed E-state index contributed by atoms with van der Waals surface area (Å²) in [5.74, 6) is 1.88. The van der Waals surface area contributed by atoms with Crippen molar-refractivity contribution in [2.45, 2.75) is 45.6 Å². The minimum atomic E-state index is -0.823. The number of fused-ring (bicyclic) bond motifs is 1. The Kier molecular flexibility index (Phi) is 6.33. The molecule has 2 unspecified atom stereocenters. The predicted molar refractivity (Wildman–Crippen MR) is 125 cm³/mol. The molecule has 0 amide bonds. The maximum Gasteiger partial charge on any atom is 0.352 e. The molecule has 1 aliphatic rings. The van der Waals surface area contributed by atoms with Crippen molar-refractivity contribution in [3.63, 3.8) is 0 Å². The monoisotopic (exact) mass is 458 g/mol. The number of esters is 1. The second-order valence-corrected chi connectivity index (χ2v) is 8.48. The SMILES string of the molecule is Cc1ccc(C2C(C#N)=C(N)Oc3cc(OC(=O)C(C)Oc4ccc(C(C)C)cc4)ccc32)o1. The van der Waals surface area contributed by atoms with Gasteiger partial charge < -0.3 is 24.4 Å². The van der Waals surface area contributed by atoms with Gasteiger partial charge in [0.25, 0.3) is 0 Å². The van der Waals surface area contributed by atoms with E-state index in [0.29, 0.717) is 28.7 Å². The fourth-order valence-corrected chi connectivity index (χ4v) is 3.78. The van der Waals surface area contributed by atoms with Gasteiger partial charge in [0.2, 0.25) is 5.88 Å². The van der Waals surface area contributed by atoms with Gasteiger partial charge in [-0.2, -0.15) is 5.26 Å². The highest BCUT2D eigenvalue weighted by molar-refractivity contribution is 5.77. The van der Waals surface area contributed by atoms with Gasteiger partial charge in [-0.25, -0.2) is 4.79 Å². The van der Waals surface area contributed by atoms with Crippen molar-refractivity contribution in [2.75, 3.05) is 0 Å². The molecule has 34 heavy (non-hydrogen) atoms. The number of aryl methyl sites for hydroxylation is 1. The van der Waals surface area contributed by atoms with E-state index in [4.69, 9.17) is 24.4 Å². The molecule has 0 aliphatic carbocycles. The molecule has 2 atom stereocenters. The Morgan fingerprint density at radius 1 is 1.06 bits per heavy atom. The van der Waals surface area contributed by atoms with Gasteiger partial charge in [0, 0.05) is 11.6 Å². The van der Waals surface area contributed by atoms with Crippen LogP contribution in [0.1, 0.15) is 55.3 Å². The van der Waals surface area contributed by atoms with Crippen LogP contribution in [0.15, 0.2) is 70.5 Å². The van der Waals surface area contributed by atoms with E-state index in [2.05, 4.69) is 19.9 Å². The third kappa shape index (κ3) is 4.62. The topological polar surface area (TPSA) is 108 Å². The molecule has 0 radical (unpaired) electrons. The zero-order chi connectivity index (χ0) is 24.4. The highest BCUT2D eigenvalue weighted by Crippen LogP contribution is 2.43. The first-order valence-electron chi connectivity index (χ1n) is 11.0. The van der Waals surface area contributed by atoms with E-state index in [-0.39, 0.29) is 17.2 Å². The van der Waals surface area contributed by atoms with Crippen molar-refractivity contribution in [1.29, 1.82) is 5.26 Å². The van der Waals surface area contributed by atoms with Crippen LogP contribution in [-0.4, -0.2) is 12.1 Å². The fourth-order valence-electron chi connectivity index (χ4n) is 3.78. The summed E-state index contributed by atoms with van der Waals surface area (Å²) in [6, 6.07) is 18.3. The van der Waals surface area contributed by atoms with E-state index >= 15 is 0 Å². The molecule has 7 nitrogen and oxygen atoms in total. The summed E-state index contributed by atoms with van der Waals surface area (Å²) in [5.41, 5.74) is 8.16. The maximum absolute atomic E-state index is 12.6. The van der Waals surface area contributed by atoms with Crippen LogP contribution >= 0.6 is 0 Å². The number of carbonyl (C=O) groups is 1. The molecule has 2 aromatic carbocycles. The van der Waals surface area contributed by atoms with Crippen molar-refractivity contribution < 1.29 is 23.4 Å². The van der Waals surface area contributed by atoms with Gasteiger partial charge in [-0.15, -0.1) is 0 Å². The van der Waals surface area contributed by atoms with Gasteiger partial charge in [-0.05, 0) is 55.7 Å². The first-order chi connectivity index (χ1) is 16.3. The van der Waals surface area contributed by atoms with Crippen molar-refractivity contribution >= 4 is 5.97 Å². The smallest absolute Gasteiger partial charge is 0.352 e. The second-order valence-electron chi connectivity index (χ2n) is 8.48. The number of rotatable bonds is 6. The van der Waals surface area contributed by atoms with E-state index in [1.54, 1.807) is 31.2 Å². The first kappa shape index (κ1) is 23.0. The number of nitrogens with two attached hydrogens (primary N) is 1. The molecular formula is C27H26N2O5. The van der Waals surface area contributed by atoms with Crippen molar-refractivity contribution in [2.24, 2.45) is 5.73 Å². The molecule has 0 fully saturated rings. The molecule has 0 bridgehead atoms. The van der Waals surface area contributed by atoms with Crippen LogP contribution in [0.25, 0.3) is 0 Å². The Morgan fingerprint density at radius 2 is 1.76 bits per heavy atom. The highest BCUT2D eigenvalue weighted by Gasteiger charge is 2.33. The number of furan rings is 1. The number of nitriles is 1. The van der Waals surface area contributed by atoms with E-state index in [1.165, 1.54) is 5.56 Å². The lowest BCUT2D eigenvalue weighted by molar-refractivity contribution is -0.141. The van der Waals surface area contributed by atoms with Crippen LogP contribution in [-0.2, 0) is 4.79 Å². The molecule has 4 rings (SSSR count). The normalized spacial score (nSPS) is 15.8. The molecule has 1 aromatic heterocycles. The van der Waals surface area contributed by atoms with Crippen molar-refractivity contribution in [3.8, 4) is 23.3 Å². The molecule has 0 saturated heterocycles. The largest absolute Gasteiger partial charge is 0.479 e. The van der Waals surface area contributed by atoms with E-state index in [1.807, 2.05) is 37.3 Å². The molecule has 0 spiro atoms. The van der Waals surface area contributed by atoms with Gasteiger partial charge in [-0.3, -0.25) is 0 Å². The lowest BCUT2D eigenvalue weighted by Gasteiger charge is -2.25. The Morgan fingerprint density at radius 3 is 2.38 bits per heavy atom. The molecular weight excluding hydrogens is 432 g/mol. The maximum atomic E-state index is 12.6. The quantitative estimate of drug-likeness (QED) is 0.394. The minimum Gasteiger partial charge on any atom is -0.479 e. The van der Waals surface area contributed by atoms with Crippen molar-refractivity contribution in [1.82, 2.24) is 0 Å². The third-order valence-electron chi connectivity index (χ3n) is 5.65. The number of ether oxygens (including phenoxy) is 3. The number of benzene rings is 2. The van der Waals surface area contributed by atoms with Gasteiger partial charge in [0.15, 0.2) is 6.10 Å². The van der Waals surface area contributed by atoms with Gasteiger partial charge >= 0.3 is 5.97 Å². The molecule has 174 valence electrons. The van der Waals surface area contributed by atoms with Crippen LogP contribution in [0.5, 0.6) is 17.2 Å². The van der Waals surface area contributed by atoms with Crippen LogP contribution in [0.3, 0.4) is 0 Å². The number of allylic oxidation sites excluding steroid dienone is 1. The minimum absolute atomic E-state index is 0.0147. The average Bonchev–Trinajstić information content (AvgIpc) is 3.24. The Hall–Kier alpha value is -4.18. The number of nitrogens with zero attached hydrogens (tertiary/aromatic N) is 1. The second kappa shape index (κ2) is 9.36. The summed E-state index contributed by atoms with van der Waals surface area (Å²) in [4.78, 5) is 12.6. The molecule has 0 saturated carbocycles. The Balaban J connectivity index is 1.51. The van der Waals surface area contributed by atoms with Crippen molar-refractivity contribution in [3.05, 3.63) is 88.7 Å². The third-order valence-corrected chi connectivity index (χ3v) is 5.65. The fraction of sp³-hybridized carbons (Fsp3) is 0.259. The van der Waals surface area contributed by atoms with Crippen LogP contribution in [0.4, 0.5) is 0 Å². The number of hydrogen-bond donors (Lipinski definition) is 1. The van der Waals surface area contributed by atoms with E-state index in [0.717, 1.165) is 5.76 Å². The van der Waals surface area contributed by atoms with Crippen LogP contribution in [0, 0.1) is 18.3 Å². The van der Waals surface area contributed by atoms with Crippen LogP contribution < -0.4 is 19.9 Å². The zero-order valence-corrected chi connectivity index (χ0v) is 19.5. The number of carbonyl (C=O) groups excluding carboxylic acids is 1. The standard InChI is InChI=1S/C27H26N2O5/c1-15(2)18-6-8-19(9-7-18)32-17(4)27(30)33-20-10-11-21-24(13-20)34-26(29)22(14-28)25(21)23-12-5-16(3)31-23/h5-13,15,17,25H,29H2,1-4H3. The summed E-state index contributed by atoms with van der Waals surface area (Å²) in [7, 11) is 0. The summed E-state index contributed by atoms with van der Waals surface area (Å²) in [6.07, 6.45) is -0.823. The zero-order valence-electron chi connectivity index (χ0n) is 19.5. The first-order valence-corrected chi connectivity index (χ1v) is 11.0. The average molecular weight is 459 g/mol. The van der Waals surface area contributed by atoms with Gasteiger partial charge in [0.1, 0.15) is 40.4 Å². The molecule has 1 aliphatic heterocycles. The summed E-state index contributed by atoms with van der Waals surface area (Å²) < 4.78 is 22.7. The summed E-state index contributed by atoms with van der Waals surface area (Å²) in [6.45, 7) is 7.68.